The number of ether oxygens (including phenoxy) is 2. The van der Waals surface area contributed by atoms with E-state index in [2.05, 4.69) is 15.5 Å². The predicted molar refractivity (Wildman–Crippen MR) is 88.6 cm³/mol. The first-order chi connectivity index (χ1) is 11.2. The van der Waals surface area contributed by atoms with E-state index in [1.807, 2.05) is 42.5 Å². The number of amides is 1. The van der Waals surface area contributed by atoms with Crippen molar-refractivity contribution < 1.29 is 14.3 Å². The summed E-state index contributed by atoms with van der Waals surface area (Å²) in [6.45, 7) is -0.00630. The maximum atomic E-state index is 11.6. The van der Waals surface area contributed by atoms with Gasteiger partial charge in [0.1, 0.15) is 12.4 Å². The number of methoxy groups -OCH3 is 2. The van der Waals surface area contributed by atoms with Gasteiger partial charge in [-0.15, -0.1) is 0 Å². The van der Waals surface area contributed by atoms with Gasteiger partial charge in [-0.3, -0.25) is 9.89 Å². The number of aromatic amines is 1. The summed E-state index contributed by atoms with van der Waals surface area (Å²) in [7, 11) is 3.12. The number of nitrogens with zero attached hydrogens (tertiary/aromatic N) is 1. The Labute approximate surface area is 133 Å². The molecule has 2 aromatic carbocycles. The fraction of sp³-hybridized carbons (Fsp3) is 0.176. The molecule has 0 radical (unpaired) electrons. The summed E-state index contributed by atoms with van der Waals surface area (Å²) in [6, 6.07) is 13.7. The highest BCUT2D eigenvalue weighted by Crippen LogP contribution is 2.32. The summed E-state index contributed by atoms with van der Waals surface area (Å²) < 4.78 is 10.2. The minimum atomic E-state index is -0.241. The van der Waals surface area contributed by atoms with Crippen LogP contribution in [0.2, 0.25) is 0 Å². The molecule has 3 rings (SSSR count). The minimum Gasteiger partial charge on any atom is -0.496 e. The van der Waals surface area contributed by atoms with Crippen LogP contribution in [-0.2, 0) is 9.53 Å². The standard InChI is InChI=1S/C17H17N3O3/c1-22-10-16(21)18-17-13-8-7-11(9-14(13)19-20-17)12-5-3-4-6-15(12)23-2/h3-9H,10H2,1-2H3,(H2,18,19,20,21). The number of rotatable bonds is 5. The van der Waals surface area contributed by atoms with Crippen LogP contribution in [0.3, 0.4) is 0 Å². The highest BCUT2D eigenvalue weighted by Gasteiger charge is 2.11. The molecule has 118 valence electrons. The van der Waals surface area contributed by atoms with Crippen LogP contribution in [0.1, 0.15) is 0 Å². The number of fused-ring (bicyclic) bond motifs is 1. The minimum absolute atomic E-state index is 0.00630. The van der Waals surface area contributed by atoms with Gasteiger partial charge >= 0.3 is 0 Å². The zero-order valence-electron chi connectivity index (χ0n) is 12.9. The number of hydrogen-bond acceptors (Lipinski definition) is 4. The Balaban J connectivity index is 1.96. The van der Waals surface area contributed by atoms with Gasteiger partial charge in [0.25, 0.3) is 5.91 Å². The first-order valence-corrected chi connectivity index (χ1v) is 7.13. The largest absolute Gasteiger partial charge is 0.496 e. The number of hydrogen-bond donors (Lipinski definition) is 2. The van der Waals surface area contributed by atoms with E-state index in [1.54, 1.807) is 7.11 Å². The van der Waals surface area contributed by atoms with Gasteiger partial charge in [-0.1, -0.05) is 24.3 Å². The van der Waals surface area contributed by atoms with Crippen molar-refractivity contribution in [3.8, 4) is 16.9 Å². The second-order valence-electron chi connectivity index (χ2n) is 5.01. The molecule has 3 aromatic rings. The van der Waals surface area contributed by atoms with Crippen LogP contribution in [0.25, 0.3) is 22.0 Å². The normalized spacial score (nSPS) is 10.7. The molecule has 0 fully saturated rings. The Morgan fingerprint density at radius 2 is 2.04 bits per heavy atom. The van der Waals surface area contributed by atoms with Crippen molar-refractivity contribution >= 4 is 22.6 Å². The third-order valence-electron chi connectivity index (χ3n) is 3.51. The van der Waals surface area contributed by atoms with Crippen LogP contribution in [0.5, 0.6) is 5.75 Å². The van der Waals surface area contributed by atoms with Crippen LogP contribution in [0.15, 0.2) is 42.5 Å². The molecule has 0 unspecified atom stereocenters. The van der Waals surface area contributed by atoms with Crippen molar-refractivity contribution in [1.82, 2.24) is 10.2 Å². The van der Waals surface area contributed by atoms with E-state index in [-0.39, 0.29) is 12.5 Å². The van der Waals surface area contributed by atoms with Crippen molar-refractivity contribution in [2.45, 2.75) is 0 Å². The van der Waals surface area contributed by atoms with Crippen molar-refractivity contribution in [3.63, 3.8) is 0 Å². The SMILES string of the molecule is COCC(=O)Nc1n[nH]c2cc(-c3ccccc3OC)ccc12. The lowest BCUT2D eigenvalue weighted by Gasteiger charge is -2.08. The summed E-state index contributed by atoms with van der Waals surface area (Å²) in [5, 5.41) is 10.6. The monoisotopic (exact) mass is 311 g/mol. The fourth-order valence-corrected chi connectivity index (χ4v) is 2.46. The number of carbonyl (C=O) groups excluding carboxylic acids is 1. The summed E-state index contributed by atoms with van der Waals surface area (Å²) in [5.74, 6) is 1.06. The number of aromatic nitrogens is 2. The maximum absolute atomic E-state index is 11.6. The lowest BCUT2D eigenvalue weighted by Crippen LogP contribution is -2.17. The lowest BCUT2D eigenvalue weighted by molar-refractivity contribution is -0.119. The number of carbonyl (C=O) groups is 1. The second kappa shape index (κ2) is 6.50. The van der Waals surface area contributed by atoms with E-state index in [9.17, 15) is 4.79 Å². The summed E-state index contributed by atoms with van der Waals surface area (Å²) in [4.78, 5) is 11.6. The molecule has 1 heterocycles. The molecule has 0 spiro atoms. The molecular formula is C17H17N3O3. The van der Waals surface area contributed by atoms with Crippen LogP contribution in [0.4, 0.5) is 5.82 Å². The highest BCUT2D eigenvalue weighted by atomic mass is 16.5. The number of benzene rings is 2. The van der Waals surface area contributed by atoms with Gasteiger partial charge < -0.3 is 14.8 Å². The number of anilines is 1. The molecule has 0 bridgehead atoms. The molecular weight excluding hydrogens is 294 g/mol. The van der Waals surface area contributed by atoms with E-state index in [0.717, 1.165) is 27.8 Å². The van der Waals surface area contributed by atoms with E-state index in [1.165, 1.54) is 7.11 Å². The predicted octanol–water partition coefficient (Wildman–Crippen LogP) is 2.82. The van der Waals surface area contributed by atoms with Gasteiger partial charge in [-0.05, 0) is 23.8 Å². The van der Waals surface area contributed by atoms with Crippen molar-refractivity contribution in [2.75, 3.05) is 26.1 Å². The quantitative estimate of drug-likeness (QED) is 0.759. The zero-order chi connectivity index (χ0) is 16.2. The Hall–Kier alpha value is -2.86. The van der Waals surface area contributed by atoms with Gasteiger partial charge in [0, 0.05) is 18.1 Å². The Morgan fingerprint density at radius 3 is 2.83 bits per heavy atom. The first-order valence-electron chi connectivity index (χ1n) is 7.13. The number of para-hydroxylation sites is 1. The molecule has 0 aliphatic carbocycles. The molecule has 1 amide bonds. The van der Waals surface area contributed by atoms with Crippen molar-refractivity contribution in [3.05, 3.63) is 42.5 Å². The summed E-state index contributed by atoms with van der Waals surface area (Å²) in [6.07, 6.45) is 0. The van der Waals surface area contributed by atoms with E-state index in [0.29, 0.717) is 5.82 Å². The average molecular weight is 311 g/mol. The van der Waals surface area contributed by atoms with E-state index < -0.39 is 0 Å². The second-order valence-corrected chi connectivity index (χ2v) is 5.01. The zero-order valence-corrected chi connectivity index (χ0v) is 12.9. The average Bonchev–Trinajstić information content (AvgIpc) is 2.97. The number of nitrogens with one attached hydrogen (secondary N) is 2. The van der Waals surface area contributed by atoms with Gasteiger partial charge in [-0.2, -0.15) is 5.10 Å². The highest BCUT2D eigenvalue weighted by molar-refractivity contribution is 6.01. The maximum Gasteiger partial charge on any atom is 0.251 e. The molecule has 6 nitrogen and oxygen atoms in total. The van der Waals surface area contributed by atoms with Crippen LogP contribution in [0, 0.1) is 0 Å². The van der Waals surface area contributed by atoms with Gasteiger partial charge in [0.05, 0.1) is 12.6 Å². The third-order valence-corrected chi connectivity index (χ3v) is 3.51. The molecule has 6 heteroatoms. The van der Waals surface area contributed by atoms with Gasteiger partial charge in [0.2, 0.25) is 0 Å². The molecule has 0 atom stereocenters. The topological polar surface area (TPSA) is 76.2 Å². The Kier molecular flexibility index (Phi) is 4.25. The molecule has 0 saturated heterocycles. The molecule has 0 saturated carbocycles. The van der Waals surface area contributed by atoms with E-state index >= 15 is 0 Å². The molecule has 2 N–H and O–H groups in total. The van der Waals surface area contributed by atoms with Crippen molar-refractivity contribution in [1.29, 1.82) is 0 Å². The third kappa shape index (κ3) is 3.02. The smallest absolute Gasteiger partial charge is 0.251 e. The number of H-pyrrole nitrogens is 1. The summed E-state index contributed by atoms with van der Waals surface area (Å²) >= 11 is 0. The van der Waals surface area contributed by atoms with Crippen LogP contribution in [-0.4, -0.2) is 36.9 Å². The van der Waals surface area contributed by atoms with Gasteiger partial charge in [0.15, 0.2) is 5.82 Å². The fourth-order valence-electron chi connectivity index (χ4n) is 2.46. The van der Waals surface area contributed by atoms with Crippen LogP contribution >= 0.6 is 0 Å². The Bertz CT molecular complexity index is 842. The van der Waals surface area contributed by atoms with Crippen molar-refractivity contribution in [2.24, 2.45) is 0 Å². The molecule has 0 aliphatic heterocycles. The van der Waals surface area contributed by atoms with Crippen LogP contribution < -0.4 is 10.1 Å². The van der Waals surface area contributed by atoms with E-state index in [4.69, 9.17) is 9.47 Å². The lowest BCUT2D eigenvalue weighted by atomic mass is 10.0. The molecule has 23 heavy (non-hydrogen) atoms. The summed E-state index contributed by atoms with van der Waals surface area (Å²) in [5.41, 5.74) is 2.84. The Morgan fingerprint density at radius 1 is 1.22 bits per heavy atom. The first kappa shape index (κ1) is 15.1. The molecule has 1 aromatic heterocycles. The molecule has 0 aliphatic rings. The van der Waals surface area contributed by atoms with Gasteiger partial charge in [-0.25, -0.2) is 0 Å².